The number of hydrogen-bond acceptors (Lipinski definition) is 8. The van der Waals surface area contributed by atoms with Crippen molar-refractivity contribution in [2.75, 3.05) is 49.6 Å². The highest BCUT2D eigenvalue weighted by molar-refractivity contribution is 7.16. The molecule has 1 N–H and O–H groups in total. The summed E-state index contributed by atoms with van der Waals surface area (Å²) in [5.41, 5.74) is 2.89. The number of fused-ring (bicyclic) bond motifs is 1. The molecule has 3 heterocycles. The number of anilines is 3. The van der Waals surface area contributed by atoms with Gasteiger partial charge in [0.1, 0.15) is 22.5 Å². The average Bonchev–Trinajstić information content (AvgIpc) is 3.71. The molecule has 0 spiro atoms. The Labute approximate surface area is 233 Å². The van der Waals surface area contributed by atoms with E-state index in [1.54, 1.807) is 16.7 Å². The van der Waals surface area contributed by atoms with E-state index in [0.717, 1.165) is 29.6 Å². The lowest BCUT2D eigenvalue weighted by Gasteiger charge is -2.35. The number of rotatable bonds is 7. The van der Waals surface area contributed by atoms with Gasteiger partial charge in [-0.15, -0.1) is 0 Å². The zero-order valence-corrected chi connectivity index (χ0v) is 22.7. The summed E-state index contributed by atoms with van der Waals surface area (Å²) >= 11 is 1.25. The SMILES string of the molecule is CN(c1nc(-c2ccc(F)cc2)c(C#N)s1)c1cn(C2CC2)c(=O)c2ccc(N3CCN(CC(=O)O)CC3)cc12. The first-order chi connectivity index (χ1) is 19.3. The predicted octanol–water partition coefficient (Wildman–Crippen LogP) is 4.45. The monoisotopic (exact) mass is 558 g/mol. The summed E-state index contributed by atoms with van der Waals surface area (Å²) in [6, 6.07) is 14.2. The molecule has 0 bridgehead atoms. The number of carboxylic acids is 1. The van der Waals surface area contributed by atoms with Gasteiger partial charge in [-0.25, -0.2) is 9.37 Å². The third-order valence-electron chi connectivity index (χ3n) is 7.53. The standard InChI is InChI=1S/C29H27FN6O3S/c1-33(29-32-27(25(15-31)40-29)18-2-4-19(30)5-3-18)24-16-36(20-6-7-20)28(39)22-9-8-21(14-23(22)24)35-12-10-34(11-13-35)17-26(37)38/h2-5,8-9,14,16,20H,6-7,10-13,17H2,1H3,(H,37,38). The summed E-state index contributed by atoms with van der Waals surface area (Å²) in [5.74, 6) is -1.19. The Bertz CT molecular complexity index is 1700. The molecule has 9 nitrogen and oxygen atoms in total. The van der Waals surface area contributed by atoms with Crippen LogP contribution >= 0.6 is 11.3 Å². The van der Waals surface area contributed by atoms with Crippen molar-refractivity contribution in [2.24, 2.45) is 0 Å². The number of aromatic nitrogens is 2. The Kier molecular flexibility index (Phi) is 6.73. The lowest BCUT2D eigenvalue weighted by molar-refractivity contribution is -0.138. The first-order valence-corrected chi connectivity index (χ1v) is 13.9. The molecule has 204 valence electrons. The van der Waals surface area contributed by atoms with Crippen LogP contribution in [0.4, 0.5) is 20.9 Å². The van der Waals surface area contributed by atoms with Crippen LogP contribution in [0.15, 0.2) is 53.5 Å². The summed E-state index contributed by atoms with van der Waals surface area (Å²) in [6.07, 6.45) is 3.80. The van der Waals surface area contributed by atoms with E-state index in [0.29, 0.717) is 52.8 Å². The summed E-state index contributed by atoms with van der Waals surface area (Å²) in [7, 11) is 1.88. The minimum absolute atomic E-state index is 0.0274. The average molecular weight is 559 g/mol. The molecule has 1 saturated heterocycles. The molecule has 6 rings (SSSR count). The number of hydrogen-bond donors (Lipinski definition) is 1. The van der Waals surface area contributed by atoms with Crippen LogP contribution in [-0.4, -0.2) is 65.3 Å². The molecule has 4 aromatic rings. The molecule has 0 radical (unpaired) electrons. The van der Waals surface area contributed by atoms with Gasteiger partial charge in [-0.1, -0.05) is 11.3 Å². The van der Waals surface area contributed by atoms with Crippen molar-refractivity contribution in [2.45, 2.75) is 18.9 Å². The topological polar surface area (TPSA) is 106 Å². The van der Waals surface area contributed by atoms with E-state index in [1.165, 1.54) is 23.5 Å². The van der Waals surface area contributed by atoms with E-state index in [-0.39, 0.29) is 24.0 Å². The van der Waals surface area contributed by atoms with Crippen molar-refractivity contribution in [3.63, 3.8) is 0 Å². The first kappa shape index (κ1) is 26.0. The van der Waals surface area contributed by atoms with Crippen molar-refractivity contribution in [1.82, 2.24) is 14.5 Å². The van der Waals surface area contributed by atoms with Gasteiger partial charge >= 0.3 is 5.97 Å². The van der Waals surface area contributed by atoms with Gasteiger partial charge in [-0.2, -0.15) is 5.26 Å². The molecule has 0 amide bonds. The summed E-state index contributed by atoms with van der Waals surface area (Å²) in [4.78, 5) is 35.8. The number of nitriles is 1. The summed E-state index contributed by atoms with van der Waals surface area (Å²) in [6.45, 7) is 2.68. The van der Waals surface area contributed by atoms with E-state index < -0.39 is 5.97 Å². The van der Waals surface area contributed by atoms with E-state index >= 15 is 0 Å². The molecule has 1 saturated carbocycles. The smallest absolute Gasteiger partial charge is 0.317 e. The number of carboxylic acid groups (broad SMARTS) is 1. The second-order valence-corrected chi connectivity index (χ2v) is 11.2. The van der Waals surface area contributed by atoms with Gasteiger partial charge in [0.2, 0.25) is 0 Å². The Balaban J connectivity index is 1.40. The molecular formula is C29H27FN6O3S. The van der Waals surface area contributed by atoms with Crippen LogP contribution in [0.5, 0.6) is 0 Å². The fraction of sp³-hybridized carbons (Fsp3) is 0.310. The molecule has 2 aromatic heterocycles. The Morgan fingerprint density at radius 1 is 1.15 bits per heavy atom. The van der Waals surface area contributed by atoms with Gasteiger partial charge in [0, 0.05) is 67.5 Å². The molecule has 11 heteroatoms. The fourth-order valence-corrected chi connectivity index (χ4v) is 6.07. The second-order valence-electron chi connectivity index (χ2n) is 10.2. The van der Waals surface area contributed by atoms with Crippen LogP contribution in [0.2, 0.25) is 0 Å². The molecular weight excluding hydrogens is 531 g/mol. The highest BCUT2D eigenvalue weighted by Gasteiger charge is 2.28. The highest BCUT2D eigenvalue weighted by Crippen LogP contribution is 2.40. The largest absolute Gasteiger partial charge is 0.480 e. The number of piperazine rings is 1. The number of thiazole rings is 1. The Morgan fingerprint density at radius 2 is 1.88 bits per heavy atom. The molecule has 2 aliphatic rings. The van der Waals surface area contributed by atoms with Gasteiger partial charge < -0.3 is 19.5 Å². The fourth-order valence-electron chi connectivity index (χ4n) is 5.21. The van der Waals surface area contributed by atoms with Crippen LogP contribution < -0.4 is 15.4 Å². The predicted molar refractivity (Wildman–Crippen MR) is 153 cm³/mol. The maximum Gasteiger partial charge on any atom is 0.317 e. The van der Waals surface area contributed by atoms with E-state index in [4.69, 9.17) is 10.1 Å². The number of benzene rings is 2. The van der Waals surface area contributed by atoms with E-state index in [9.17, 15) is 19.2 Å². The van der Waals surface area contributed by atoms with Gasteiger partial charge in [-0.05, 0) is 55.3 Å². The molecule has 0 unspecified atom stereocenters. The molecule has 40 heavy (non-hydrogen) atoms. The van der Waals surface area contributed by atoms with Crippen LogP contribution in [-0.2, 0) is 4.79 Å². The number of carbonyl (C=O) groups is 1. The maximum absolute atomic E-state index is 13.5. The molecule has 2 fully saturated rings. The maximum atomic E-state index is 13.5. The lowest BCUT2D eigenvalue weighted by atomic mass is 10.1. The highest BCUT2D eigenvalue weighted by atomic mass is 32.1. The van der Waals surface area contributed by atoms with Gasteiger partial charge in [0.25, 0.3) is 5.56 Å². The number of nitrogens with zero attached hydrogens (tertiary/aromatic N) is 6. The van der Waals surface area contributed by atoms with Crippen LogP contribution in [0.25, 0.3) is 22.0 Å². The summed E-state index contributed by atoms with van der Waals surface area (Å²) < 4.78 is 15.3. The zero-order valence-electron chi connectivity index (χ0n) is 21.9. The van der Waals surface area contributed by atoms with Crippen LogP contribution in [0, 0.1) is 17.1 Å². The minimum Gasteiger partial charge on any atom is -0.480 e. The van der Waals surface area contributed by atoms with Crippen molar-refractivity contribution in [3.05, 3.63) is 69.7 Å². The Morgan fingerprint density at radius 3 is 2.52 bits per heavy atom. The van der Waals surface area contributed by atoms with Gasteiger partial charge in [0.15, 0.2) is 5.13 Å². The molecule has 1 aliphatic carbocycles. The normalized spacial score (nSPS) is 15.8. The Hall–Kier alpha value is -4.27. The molecule has 0 atom stereocenters. The van der Waals surface area contributed by atoms with Crippen molar-refractivity contribution in [3.8, 4) is 17.3 Å². The number of pyridine rings is 1. The lowest BCUT2D eigenvalue weighted by Crippen LogP contribution is -2.48. The third kappa shape index (κ3) is 4.92. The van der Waals surface area contributed by atoms with Crippen LogP contribution in [0.1, 0.15) is 23.8 Å². The number of halogens is 1. The van der Waals surface area contributed by atoms with Crippen LogP contribution in [0.3, 0.4) is 0 Å². The first-order valence-electron chi connectivity index (χ1n) is 13.1. The molecule has 1 aliphatic heterocycles. The van der Waals surface area contributed by atoms with E-state index in [1.807, 2.05) is 41.2 Å². The van der Waals surface area contributed by atoms with Crippen molar-refractivity contribution in [1.29, 1.82) is 5.26 Å². The van der Waals surface area contributed by atoms with E-state index in [2.05, 4.69) is 11.0 Å². The minimum atomic E-state index is -0.830. The molecule has 2 aromatic carbocycles. The quantitative estimate of drug-likeness (QED) is 0.355. The van der Waals surface area contributed by atoms with Gasteiger partial charge in [-0.3, -0.25) is 14.5 Å². The van der Waals surface area contributed by atoms with Crippen molar-refractivity contribution >= 4 is 44.6 Å². The number of aliphatic carboxylic acids is 1. The van der Waals surface area contributed by atoms with Gasteiger partial charge in [0.05, 0.1) is 12.2 Å². The van der Waals surface area contributed by atoms with Crippen molar-refractivity contribution < 1.29 is 14.3 Å². The third-order valence-corrected chi connectivity index (χ3v) is 8.56. The summed E-state index contributed by atoms with van der Waals surface area (Å²) in [5, 5.41) is 20.9. The second kappa shape index (κ2) is 10.4. The zero-order chi connectivity index (χ0) is 28.0.